The van der Waals surface area contributed by atoms with Gasteiger partial charge in [0.15, 0.2) is 0 Å². The molecule has 2 aliphatic heterocycles. The number of fused-ring (bicyclic) bond motifs is 1. The lowest BCUT2D eigenvalue weighted by Crippen LogP contribution is -2.63. The van der Waals surface area contributed by atoms with Crippen molar-refractivity contribution in [2.24, 2.45) is 27.7 Å². The average Bonchev–Trinajstić information content (AvgIpc) is 3.80. The van der Waals surface area contributed by atoms with Gasteiger partial charge in [-0.1, -0.05) is 99.6 Å². The van der Waals surface area contributed by atoms with Crippen molar-refractivity contribution in [1.82, 2.24) is 36.5 Å². The number of carbonyl (C=O) groups excluding carboxylic acids is 5. The van der Waals surface area contributed by atoms with Crippen LogP contribution < -0.4 is 26.6 Å². The topological polar surface area (TPSA) is 211 Å². The van der Waals surface area contributed by atoms with E-state index in [0.29, 0.717) is 18.0 Å². The number of nitrogens with one attached hydrogen (secondary N) is 5. The maximum atomic E-state index is 14.7. The molecule has 3 heterocycles. The number of hydrogen-bond acceptors (Lipinski definition) is 9. The Morgan fingerprint density at radius 3 is 2.21 bits per heavy atom. The molecule has 0 spiro atoms. The third-order valence-corrected chi connectivity index (χ3v) is 11.5. The molecule has 312 valence electrons. The Morgan fingerprint density at radius 1 is 0.982 bits per heavy atom. The molecule has 0 saturated carbocycles. The number of carbonyl (C=O) groups is 6. The van der Waals surface area contributed by atoms with E-state index < -0.39 is 83.1 Å². The summed E-state index contributed by atoms with van der Waals surface area (Å²) >= 11 is 1.21. The fourth-order valence-corrected chi connectivity index (χ4v) is 7.93. The van der Waals surface area contributed by atoms with E-state index in [1.54, 1.807) is 17.2 Å². The van der Waals surface area contributed by atoms with E-state index in [2.05, 4.69) is 31.6 Å². The smallest absolute Gasteiger partial charge is 0.305 e. The van der Waals surface area contributed by atoms with Crippen LogP contribution in [-0.2, 0) is 28.8 Å². The van der Waals surface area contributed by atoms with Crippen molar-refractivity contribution in [3.8, 4) is 0 Å². The first kappa shape index (κ1) is 44.8. The number of thiazole rings is 1. The summed E-state index contributed by atoms with van der Waals surface area (Å²) in [5.74, 6) is -4.25. The Kier molecular flexibility index (Phi) is 14.6. The lowest BCUT2D eigenvalue weighted by molar-refractivity contribution is -0.140. The van der Waals surface area contributed by atoms with Crippen molar-refractivity contribution in [2.75, 3.05) is 13.1 Å². The number of carboxylic acid groups (broad SMARTS) is 1. The number of rotatable bonds is 11. The molecule has 4 rings (SSSR count). The number of nitrogens with zero attached hydrogens (tertiary/aromatic N) is 3. The summed E-state index contributed by atoms with van der Waals surface area (Å²) in [7, 11) is 0. The molecule has 8 atom stereocenters. The minimum atomic E-state index is -1.17. The van der Waals surface area contributed by atoms with Crippen LogP contribution in [0.5, 0.6) is 0 Å². The van der Waals surface area contributed by atoms with Gasteiger partial charge in [0.05, 0.1) is 25.0 Å². The second kappa shape index (κ2) is 18.6. The highest BCUT2D eigenvalue weighted by Crippen LogP contribution is 2.29. The zero-order valence-corrected chi connectivity index (χ0v) is 35.5. The van der Waals surface area contributed by atoms with Crippen molar-refractivity contribution in [2.45, 2.75) is 124 Å². The van der Waals surface area contributed by atoms with E-state index in [4.69, 9.17) is 4.99 Å². The maximum absolute atomic E-state index is 14.7. The molecule has 0 aliphatic carbocycles. The minimum absolute atomic E-state index is 0.124. The summed E-state index contributed by atoms with van der Waals surface area (Å²) in [6.45, 7) is 18.7. The molecule has 2 fully saturated rings. The van der Waals surface area contributed by atoms with E-state index in [0.717, 1.165) is 5.56 Å². The van der Waals surface area contributed by atoms with Crippen LogP contribution in [-0.4, -0.2) is 99.6 Å². The van der Waals surface area contributed by atoms with Crippen LogP contribution in [0.2, 0.25) is 0 Å². The van der Waals surface area contributed by atoms with Crippen LogP contribution in [0.4, 0.5) is 0 Å². The van der Waals surface area contributed by atoms with E-state index >= 15 is 0 Å². The highest BCUT2D eigenvalue weighted by Gasteiger charge is 2.44. The summed E-state index contributed by atoms with van der Waals surface area (Å²) in [6.07, 6.45) is 1.73. The van der Waals surface area contributed by atoms with Crippen molar-refractivity contribution in [3.63, 3.8) is 0 Å². The fraction of sp³-hybridized carbons (Fsp3) is 0.610. The molecule has 2 aliphatic rings. The maximum Gasteiger partial charge on any atom is 0.305 e. The molecule has 0 bridgehead atoms. The van der Waals surface area contributed by atoms with Gasteiger partial charge < -0.3 is 36.6 Å². The lowest BCUT2D eigenvalue weighted by Gasteiger charge is -2.38. The van der Waals surface area contributed by atoms with Crippen LogP contribution in [0.1, 0.15) is 105 Å². The first-order chi connectivity index (χ1) is 26.6. The second-order valence-corrected chi connectivity index (χ2v) is 18.6. The van der Waals surface area contributed by atoms with Gasteiger partial charge in [-0.15, -0.1) is 11.3 Å². The van der Waals surface area contributed by atoms with E-state index in [1.165, 1.54) is 17.5 Å². The molecule has 2 saturated heterocycles. The number of benzene rings is 1. The average molecular weight is 809 g/mol. The lowest BCUT2D eigenvalue weighted by atomic mass is 9.83. The molecular weight excluding hydrogens is 749 g/mol. The molecular formula is C41H60N8O7S. The Balaban J connectivity index is 1.79. The van der Waals surface area contributed by atoms with Gasteiger partial charge in [-0.25, -0.2) is 4.98 Å². The summed E-state index contributed by atoms with van der Waals surface area (Å²) in [6, 6.07) is 3.40. The third-order valence-electron chi connectivity index (χ3n) is 10.6. The van der Waals surface area contributed by atoms with Crippen LogP contribution >= 0.6 is 11.3 Å². The third kappa shape index (κ3) is 11.4. The van der Waals surface area contributed by atoms with Crippen molar-refractivity contribution in [1.29, 1.82) is 0 Å². The first-order valence-electron chi connectivity index (χ1n) is 19.6. The van der Waals surface area contributed by atoms with Gasteiger partial charge in [-0.3, -0.25) is 33.8 Å². The first-order valence-corrected chi connectivity index (χ1v) is 20.5. The molecule has 57 heavy (non-hydrogen) atoms. The van der Waals surface area contributed by atoms with Crippen LogP contribution in [0.3, 0.4) is 0 Å². The van der Waals surface area contributed by atoms with Gasteiger partial charge in [0.1, 0.15) is 35.0 Å². The van der Waals surface area contributed by atoms with Crippen LogP contribution in [0.25, 0.3) is 0 Å². The summed E-state index contributed by atoms with van der Waals surface area (Å²) < 4.78 is 0. The van der Waals surface area contributed by atoms with Gasteiger partial charge in [-0.05, 0) is 34.7 Å². The number of amides is 5. The zero-order chi connectivity index (χ0) is 42.4. The van der Waals surface area contributed by atoms with Crippen molar-refractivity contribution < 1.29 is 33.9 Å². The summed E-state index contributed by atoms with van der Waals surface area (Å²) in [4.78, 5) is 93.1. The predicted octanol–water partition coefficient (Wildman–Crippen LogP) is 3.39. The summed E-state index contributed by atoms with van der Waals surface area (Å²) in [5.41, 5.74) is -0.799. The quantitative estimate of drug-likeness (QED) is 0.196. The number of aliphatic imine (C=N–C) groups is 1. The van der Waals surface area contributed by atoms with E-state index in [9.17, 15) is 33.9 Å². The van der Waals surface area contributed by atoms with E-state index in [1.807, 2.05) is 92.6 Å². The highest BCUT2D eigenvalue weighted by atomic mass is 32.1. The molecule has 1 aromatic heterocycles. The molecule has 5 amide bonds. The van der Waals surface area contributed by atoms with Gasteiger partial charge >= 0.3 is 5.97 Å². The van der Waals surface area contributed by atoms with Crippen molar-refractivity contribution >= 4 is 52.7 Å². The number of amidine groups is 1. The normalized spacial score (nSPS) is 23.8. The van der Waals surface area contributed by atoms with Crippen LogP contribution in [0, 0.1) is 22.7 Å². The van der Waals surface area contributed by atoms with Gasteiger partial charge in [-0.2, -0.15) is 0 Å². The second-order valence-electron chi connectivity index (χ2n) is 17.7. The monoisotopic (exact) mass is 808 g/mol. The highest BCUT2D eigenvalue weighted by molar-refractivity contribution is 7.09. The van der Waals surface area contributed by atoms with E-state index in [-0.39, 0.29) is 36.0 Å². The Hall–Kier alpha value is -4.86. The molecule has 16 heteroatoms. The van der Waals surface area contributed by atoms with Crippen molar-refractivity contribution in [3.05, 3.63) is 52.5 Å². The Bertz CT molecular complexity index is 1790. The predicted molar refractivity (Wildman–Crippen MR) is 218 cm³/mol. The Labute approximate surface area is 339 Å². The van der Waals surface area contributed by atoms with Crippen LogP contribution in [0.15, 0.2) is 46.9 Å². The Morgan fingerprint density at radius 2 is 1.65 bits per heavy atom. The largest absolute Gasteiger partial charge is 0.481 e. The number of hydrogen-bond donors (Lipinski definition) is 6. The molecule has 0 unspecified atom stereocenters. The van der Waals surface area contributed by atoms with Gasteiger partial charge in [0.2, 0.25) is 29.5 Å². The molecule has 15 nitrogen and oxygen atoms in total. The number of aromatic nitrogens is 1. The fourth-order valence-electron chi connectivity index (χ4n) is 7.24. The van der Waals surface area contributed by atoms with Gasteiger partial charge in [0, 0.05) is 24.0 Å². The number of aliphatic carboxylic acids is 1. The number of carboxylic acids is 1. The minimum Gasteiger partial charge on any atom is -0.481 e. The molecule has 2 aromatic rings. The molecule has 6 N–H and O–H groups in total. The SMILES string of the molecule is CC(C)[C@@H]1NC(=O)[C@@H]2[C@H](C)CCN2C(=O)CN/C(=N\[C@H](C(=O)N[C@H](C(=O)N[C@H](CC(=O)O)c2nccs2)[C@@H](C)c2ccccc2)C(C)(C)C)[C@H](C(C)(C)C)NC1=O. The zero-order valence-electron chi connectivity index (χ0n) is 34.7. The van der Waals surface area contributed by atoms with Gasteiger partial charge in [0.25, 0.3) is 0 Å². The standard InChI is InChI=1S/C41H60N8O7S/c1-22(2)29-35(53)48-32(40(5,6)7)34(43-21-27(50)49-18-16-23(3)31(49)37(55)45-29)47-33(41(8,9)10)38(56)46-30(24(4)25-14-12-11-13-15-25)36(54)44-26(20-28(51)52)39-42-17-19-57-39/h11-15,17,19,22-24,26,29-33H,16,18,20-21H2,1-10H3,(H,43,47)(H,44,54)(H,45,55)(H,46,56)(H,48,53)(H,51,52)/t23-,24+,26-,29+,30+,31+,32-,33-/m1/s1. The molecule has 1 aromatic carbocycles. The summed E-state index contributed by atoms with van der Waals surface area (Å²) in [5, 5.41) is 26.8. The molecule has 0 radical (unpaired) electrons.